The molecule has 1 saturated carbocycles. The fourth-order valence-corrected chi connectivity index (χ4v) is 2.17. The third-order valence-corrected chi connectivity index (χ3v) is 3.42. The number of nitrogens with zero attached hydrogens (tertiary/aromatic N) is 1. The Morgan fingerprint density at radius 3 is 2.50 bits per heavy atom. The van der Waals surface area contributed by atoms with Crippen LogP contribution in [0.1, 0.15) is 23.5 Å². The first-order valence-electron chi connectivity index (χ1n) is 4.21. The zero-order valence-corrected chi connectivity index (χ0v) is 8.08. The van der Waals surface area contributed by atoms with Crippen LogP contribution in [-0.4, -0.2) is 11.5 Å². The van der Waals surface area contributed by atoms with Crippen LogP contribution in [0.4, 0.5) is 13.2 Å². The molecule has 0 spiro atoms. The van der Waals surface area contributed by atoms with Crippen LogP contribution in [0.3, 0.4) is 0 Å². The molecule has 2 N–H and O–H groups in total. The summed E-state index contributed by atoms with van der Waals surface area (Å²) in [6.45, 7) is 0.383. The molecule has 14 heavy (non-hydrogen) atoms. The minimum atomic E-state index is -4.33. The van der Waals surface area contributed by atoms with Crippen molar-refractivity contribution in [3.8, 4) is 0 Å². The van der Waals surface area contributed by atoms with Crippen molar-refractivity contribution in [3.05, 3.63) is 16.1 Å². The van der Waals surface area contributed by atoms with Crippen molar-refractivity contribution in [1.82, 2.24) is 4.98 Å². The average Bonchev–Trinajstić information content (AvgIpc) is 2.73. The molecule has 2 rings (SSSR count). The lowest BCUT2D eigenvalue weighted by Crippen LogP contribution is -2.20. The fourth-order valence-electron chi connectivity index (χ4n) is 1.36. The van der Waals surface area contributed by atoms with Gasteiger partial charge < -0.3 is 5.73 Å². The van der Waals surface area contributed by atoms with Gasteiger partial charge in [-0.3, -0.25) is 0 Å². The van der Waals surface area contributed by atoms with Gasteiger partial charge >= 0.3 is 6.18 Å². The van der Waals surface area contributed by atoms with Crippen molar-refractivity contribution >= 4 is 11.3 Å². The maximum atomic E-state index is 12.2. The van der Waals surface area contributed by atoms with Crippen molar-refractivity contribution in [2.45, 2.75) is 24.4 Å². The van der Waals surface area contributed by atoms with Gasteiger partial charge in [0, 0.05) is 17.3 Å². The molecule has 78 valence electrons. The van der Waals surface area contributed by atoms with Crippen molar-refractivity contribution in [3.63, 3.8) is 0 Å². The Bertz CT molecular complexity index is 341. The highest BCUT2D eigenvalue weighted by Gasteiger charge is 2.46. The molecule has 0 bridgehead atoms. The van der Waals surface area contributed by atoms with E-state index in [9.17, 15) is 13.2 Å². The number of hydrogen-bond acceptors (Lipinski definition) is 3. The molecule has 1 aromatic rings. The Balaban J connectivity index is 2.27. The molecule has 0 saturated heterocycles. The highest BCUT2D eigenvalue weighted by Crippen LogP contribution is 2.48. The summed E-state index contributed by atoms with van der Waals surface area (Å²) in [7, 11) is 0. The lowest BCUT2D eigenvalue weighted by atomic mass is 10.1. The van der Waals surface area contributed by atoms with Gasteiger partial charge in [0.25, 0.3) is 0 Å². The van der Waals surface area contributed by atoms with Crippen LogP contribution in [0, 0.1) is 0 Å². The van der Waals surface area contributed by atoms with Crippen LogP contribution in [-0.2, 0) is 11.6 Å². The summed E-state index contributed by atoms with van der Waals surface area (Å²) >= 11 is 0.647. The highest BCUT2D eigenvalue weighted by molar-refractivity contribution is 7.09. The van der Waals surface area contributed by atoms with Crippen LogP contribution in [0.2, 0.25) is 0 Å². The van der Waals surface area contributed by atoms with Crippen LogP contribution >= 0.6 is 11.3 Å². The van der Waals surface area contributed by atoms with Crippen molar-refractivity contribution in [1.29, 1.82) is 0 Å². The fraction of sp³-hybridized carbons (Fsp3) is 0.625. The van der Waals surface area contributed by atoms with E-state index in [1.807, 2.05) is 0 Å². The van der Waals surface area contributed by atoms with E-state index >= 15 is 0 Å². The van der Waals surface area contributed by atoms with E-state index in [1.165, 1.54) is 5.38 Å². The number of alkyl halides is 3. The topological polar surface area (TPSA) is 38.9 Å². The number of thiazole rings is 1. The van der Waals surface area contributed by atoms with Crippen LogP contribution in [0.25, 0.3) is 0 Å². The minimum absolute atomic E-state index is 0.250. The Morgan fingerprint density at radius 1 is 1.50 bits per heavy atom. The number of nitrogens with two attached hydrogens (primary N) is 1. The first kappa shape index (κ1) is 9.92. The van der Waals surface area contributed by atoms with Crippen LogP contribution in [0.15, 0.2) is 5.38 Å². The maximum Gasteiger partial charge on any atom is 0.443 e. The second-order valence-corrected chi connectivity index (χ2v) is 4.38. The van der Waals surface area contributed by atoms with E-state index in [0.717, 1.165) is 12.8 Å². The lowest BCUT2D eigenvalue weighted by molar-refractivity contribution is -0.137. The van der Waals surface area contributed by atoms with Gasteiger partial charge in [-0.05, 0) is 12.8 Å². The third-order valence-electron chi connectivity index (χ3n) is 2.53. The van der Waals surface area contributed by atoms with E-state index in [1.54, 1.807) is 0 Å². The molecule has 1 aromatic heterocycles. The van der Waals surface area contributed by atoms with Crippen molar-refractivity contribution < 1.29 is 13.2 Å². The molecule has 1 aliphatic carbocycles. The van der Waals surface area contributed by atoms with E-state index < -0.39 is 11.2 Å². The zero-order chi connectivity index (χ0) is 10.4. The standard InChI is InChI=1S/C8H9F3N2S/c9-8(10,11)6-13-5(3-14-6)7(4-12)1-2-7/h3H,1-2,4,12H2. The van der Waals surface area contributed by atoms with E-state index in [2.05, 4.69) is 4.98 Å². The summed E-state index contributed by atoms with van der Waals surface area (Å²) in [5.74, 6) is 0. The molecule has 0 unspecified atom stereocenters. The summed E-state index contributed by atoms with van der Waals surface area (Å²) < 4.78 is 36.7. The van der Waals surface area contributed by atoms with Gasteiger partial charge in [-0.25, -0.2) is 4.98 Å². The molecular formula is C8H9F3N2S. The summed E-state index contributed by atoms with van der Waals surface area (Å²) in [5, 5.41) is 0.704. The largest absolute Gasteiger partial charge is 0.443 e. The van der Waals surface area contributed by atoms with Crippen LogP contribution < -0.4 is 5.73 Å². The second kappa shape index (κ2) is 2.93. The third kappa shape index (κ3) is 1.52. The molecule has 0 atom stereocenters. The summed E-state index contributed by atoms with van der Waals surface area (Å²) in [5.41, 5.74) is 5.76. The molecule has 2 nitrogen and oxygen atoms in total. The van der Waals surface area contributed by atoms with E-state index in [-0.39, 0.29) is 5.41 Å². The first-order chi connectivity index (χ1) is 6.48. The normalized spacial score (nSPS) is 19.7. The average molecular weight is 222 g/mol. The molecule has 0 aliphatic heterocycles. The number of hydrogen-bond donors (Lipinski definition) is 1. The van der Waals surface area contributed by atoms with Gasteiger partial charge in [0.15, 0.2) is 5.01 Å². The predicted molar refractivity (Wildman–Crippen MR) is 47.1 cm³/mol. The second-order valence-electron chi connectivity index (χ2n) is 3.52. The first-order valence-corrected chi connectivity index (χ1v) is 5.09. The highest BCUT2D eigenvalue weighted by atomic mass is 32.1. The Morgan fingerprint density at radius 2 is 2.14 bits per heavy atom. The maximum absolute atomic E-state index is 12.2. The molecule has 0 amide bonds. The molecule has 0 radical (unpaired) electrons. The van der Waals surface area contributed by atoms with Crippen LogP contribution in [0.5, 0.6) is 0 Å². The molecule has 0 aromatic carbocycles. The quantitative estimate of drug-likeness (QED) is 0.832. The number of rotatable bonds is 2. The molecule has 6 heteroatoms. The number of halogens is 3. The Hall–Kier alpha value is -0.620. The molecular weight excluding hydrogens is 213 g/mol. The summed E-state index contributed by atoms with van der Waals surface area (Å²) in [6, 6.07) is 0. The zero-order valence-electron chi connectivity index (χ0n) is 7.27. The van der Waals surface area contributed by atoms with Gasteiger partial charge in [-0.15, -0.1) is 11.3 Å². The molecule has 1 heterocycles. The molecule has 1 fully saturated rings. The van der Waals surface area contributed by atoms with Gasteiger partial charge in [0.2, 0.25) is 0 Å². The van der Waals surface area contributed by atoms with Crippen molar-refractivity contribution in [2.75, 3.05) is 6.54 Å². The summed E-state index contributed by atoms with van der Waals surface area (Å²) in [6.07, 6.45) is -2.62. The smallest absolute Gasteiger partial charge is 0.330 e. The Kier molecular flexibility index (Phi) is 2.08. The SMILES string of the molecule is NCC1(c2csc(C(F)(F)F)n2)CC1. The predicted octanol–water partition coefficient (Wildman–Crippen LogP) is 2.15. The van der Waals surface area contributed by atoms with E-state index in [4.69, 9.17) is 5.73 Å². The van der Waals surface area contributed by atoms with Gasteiger partial charge in [0.1, 0.15) is 0 Å². The van der Waals surface area contributed by atoms with Gasteiger partial charge in [-0.2, -0.15) is 13.2 Å². The number of aromatic nitrogens is 1. The monoisotopic (exact) mass is 222 g/mol. The van der Waals surface area contributed by atoms with Gasteiger partial charge in [0.05, 0.1) is 5.69 Å². The van der Waals surface area contributed by atoms with Gasteiger partial charge in [-0.1, -0.05) is 0 Å². The van der Waals surface area contributed by atoms with Crippen molar-refractivity contribution in [2.24, 2.45) is 5.73 Å². The summed E-state index contributed by atoms with van der Waals surface area (Å²) in [4.78, 5) is 3.60. The lowest BCUT2D eigenvalue weighted by Gasteiger charge is -2.07. The van der Waals surface area contributed by atoms with E-state index in [0.29, 0.717) is 23.6 Å². The molecule has 1 aliphatic rings. The Labute approximate surface area is 82.9 Å². The minimum Gasteiger partial charge on any atom is -0.330 e.